The Morgan fingerprint density at radius 2 is 2.53 bits per heavy atom. The lowest BCUT2D eigenvalue weighted by molar-refractivity contribution is 0.178. The van der Waals surface area contributed by atoms with Crippen molar-refractivity contribution in [3.05, 3.63) is 10.6 Å². The van der Waals surface area contributed by atoms with E-state index < -0.39 is 0 Å². The highest BCUT2D eigenvalue weighted by atomic mass is 32.1. The molecule has 0 aliphatic carbocycles. The van der Waals surface area contributed by atoms with Crippen molar-refractivity contribution >= 4 is 11.5 Å². The van der Waals surface area contributed by atoms with Gasteiger partial charge in [0.25, 0.3) is 0 Å². The van der Waals surface area contributed by atoms with Crippen LogP contribution in [0.2, 0.25) is 0 Å². The number of rotatable bonds is 4. The molecule has 2 rings (SSSR count). The number of ether oxygens (including phenoxy) is 1. The summed E-state index contributed by atoms with van der Waals surface area (Å²) in [6.07, 6.45) is 2.09. The number of hydrogen-bond acceptors (Lipinski definition) is 5. The molecular weight excluding hydrogens is 210 g/mol. The Morgan fingerprint density at radius 3 is 3.13 bits per heavy atom. The molecule has 5 heteroatoms. The zero-order valence-corrected chi connectivity index (χ0v) is 10.0. The van der Waals surface area contributed by atoms with Crippen LogP contribution in [0.5, 0.6) is 0 Å². The van der Waals surface area contributed by atoms with Crippen LogP contribution in [-0.2, 0) is 11.2 Å². The van der Waals surface area contributed by atoms with Crippen molar-refractivity contribution in [3.8, 4) is 0 Å². The van der Waals surface area contributed by atoms with Gasteiger partial charge in [-0.05, 0) is 31.4 Å². The molecule has 4 nitrogen and oxygen atoms in total. The van der Waals surface area contributed by atoms with Gasteiger partial charge in [0.1, 0.15) is 0 Å². The van der Waals surface area contributed by atoms with Gasteiger partial charge in [0, 0.05) is 18.6 Å². The third-order valence-corrected chi connectivity index (χ3v) is 3.80. The molecule has 0 spiro atoms. The summed E-state index contributed by atoms with van der Waals surface area (Å²) in [7, 11) is 2.00. The van der Waals surface area contributed by atoms with Crippen LogP contribution >= 0.6 is 11.5 Å². The average molecular weight is 227 g/mol. The van der Waals surface area contributed by atoms with E-state index in [9.17, 15) is 0 Å². The van der Waals surface area contributed by atoms with Crippen LogP contribution in [0.15, 0.2) is 0 Å². The summed E-state index contributed by atoms with van der Waals surface area (Å²) >= 11 is 1.51. The van der Waals surface area contributed by atoms with Crippen molar-refractivity contribution in [2.45, 2.75) is 25.8 Å². The molecule has 2 atom stereocenters. The first-order valence-corrected chi connectivity index (χ1v) is 6.20. The maximum atomic E-state index is 5.44. The Bertz CT molecular complexity index is 309. The molecule has 2 unspecified atom stereocenters. The second kappa shape index (κ2) is 5.01. The molecule has 1 aromatic rings. The minimum absolute atomic E-state index is 0.363. The van der Waals surface area contributed by atoms with Crippen molar-refractivity contribution in [2.75, 3.05) is 20.3 Å². The normalized spacial score (nSPS) is 23.2. The molecule has 1 saturated heterocycles. The topological polar surface area (TPSA) is 47.0 Å². The van der Waals surface area contributed by atoms with Crippen molar-refractivity contribution in [1.29, 1.82) is 0 Å². The highest BCUT2D eigenvalue weighted by molar-refractivity contribution is 7.05. The largest absolute Gasteiger partial charge is 0.381 e. The van der Waals surface area contributed by atoms with E-state index in [-0.39, 0.29) is 0 Å². The Kier molecular flexibility index (Phi) is 3.66. The van der Waals surface area contributed by atoms with Crippen molar-refractivity contribution in [2.24, 2.45) is 5.92 Å². The third kappa shape index (κ3) is 2.19. The highest BCUT2D eigenvalue weighted by Gasteiger charge is 2.29. The van der Waals surface area contributed by atoms with Crippen LogP contribution in [0.1, 0.15) is 30.0 Å². The summed E-state index contributed by atoms with van der Waals surface area (Å²) in [5, 5.41) is 7.53. The van der Waals surface area contributed by atoms with E-state index in [2.05, 4.69) is 21.8 Å². The Balaban J connectivity index is 2.17. The van der Waals surface area contributed by atoms with E-state index in [4.69, 9.17) is 4.74 Å². The molecule has 84 valence electrons. The van der Waals surface area contributed by atoms with E-state index >= 15 is 0 Å². The van der Waals surface area contributed by atoms with Gasteiger partial charge in [-0.2, -0.15) is 0 Å². The van der Waals surface area contributed by atoms with Crippen LogP contribution in [0, 0.1) is 5.92 Å². The summed E-state index contributed by atoms with van der Waals surface area (Å²) in [6, 6.07) is 0.363. The number of nitrogens with zero attached hydrogens (tertiary/aromatic N) is 2. The molecule has 1 N–H and O–H groups in total. The molecular formula is C10H17N3OS. The lowest BCUT2D eigenvalue weighted by Crippen LogP contribution is -2.25. The molecule has 1 fully saturated rings. The van der Waals surface area contributed by atoms with Gasteiger partial charge in [-0.1, -0.05) is 11.4 Å². The fourth-order valence-corrected chi connectivity index (χ4v) is 3.04. The predicted octanol–water partition coefficient (Wildman–Crippen LogP) is 1.40. The SMILES string of the molecule is CCc1nnsc1C(NC)C1CCOC1. The molecule has 0 amide bonds. The van der Waals surface area contributed by atoms with Gasteiger partial charge in [0.15, 0.2) is 0 Å². The summed E-state index contributed by atoms with van der Waals surface area (Å²) in [5.41, 5.74) is 1.13. The van der Waals surface area contributed by atoms with Crippen molar-refractivity contribution in [3.63, 3.8) is 0 Å². The van der Waals surface area contributed by atoms with E-state index in [1.54, 1.807) is 0 Å². The highest BCUT2D eigenvalue weighted by Crippen LogP contribution is 2.31. The van der Waals surface area contributed by atoms with E-state index in [0.717, 1.165) is 31.7 Å². The summed E-state index contributed by atoms with van der Waals surface area (Å²) in [6.45, 7) is 3.86. The van der Waals surface area contributed by atoms with Crippen LogP contribution in [-0.4, -0.2) is 29.8 Å². The van der Waals surface area contributed by atoms with Crippen molar-refractivity contribution in [1.82, 2.24) is 14.9 Å². The van der Waals surface area contributed by atoms with E-state index in [1.165, 1.54) is 16.4 Å². The predicted molar refractivity (Wildman–Crippen MR) is 60.0 cm³/mol. The minimum Gasteiger partial charge on any atom is -0.381 e. The van der Waals surface area contributed by atoms with Gasteiger partial charge in [0.2, 0.25) is 0 Å². The van der Waals surface area contributed by atoms with Crippen LogP contribution in [0.4, 0.5) is 0 Å². The number of aromatic nitrogens is 2. The molecule has 15 heavy (non-hydrogen) atoms. The van der Waals surface area contributed by atoms with Crippen LogP contribution in [0.25, 0.3) is 0 Å². The summed E-state index contributed by atoms with van der Waals surface area (Å²) in [5.74, 6) is 0.572. The molecule has 1 aromatic heterocycles. The number of aryl methyl sites for hydroxylation is 1. The molecule has 0 aromatic carbocycles. The lowest BCUT2D eigenvalue weighted by Gasteiger charge is -2.20. The lowest BCUT2D eigenvalue weighted by atomic mass is 9.96. The molecule has 0 bridgehead atoms. The zero-order chi connectivity index (χ0) is 10.7. The maximum Gasteiger partial charge on any atom is 0.0801 e. The fourth-order valence-electron chi connectivity index (χ4n) is 2.09. The Hall–Kier alpha value is -0.520. The monoisotopic (exact) mass is 227 g/mol. The zero-order valence-electron chi connectivity index (χ0n) is 9.19. The first-order valence-electron chi connectivity index (χ1n) is 5.43. The van der Waals surface area contributed by atoms with Gasteiger partial charge < -0.3 is 10.1 Å². The minimum atomic E-state index is 0.363. The second-order valence-electron chi connectivity index (χ2n) is 3.83. The van der Waals surface area contributed by atoms with Gasteiger partial charge >= 0.3 is 0 Å². The molecule has 0 saturated carbocycles. The standard InChI is InChI=1S/C10H17N3OS/c1-3-8-10(15-13-12-8)9(11-2)7-4-5-14-6-7/h7,9,11H,3-6H2,1-2H3. The van der Waals surface area contributed by atoms with Crippen LogP contribution in [0.3, 0.4) is 0 Å². The molecule has 0 radical (unpaired) electrons. The molecule has 1 aliphatic rings. The maximum absolute atomic E-state index is 5.44. The van der Waals surface area contributed by atoms with E-state index in [1.807, 2.05) is 7.05 Å². The quantitative estimate of drug-likeness (QED) is 0.844. The summed E-state index contributed by atoms with van der Waals surface area (Å²) < 4.78 is 9.48. The first kappa shape index (κ1) is 11.0. The Morgan fingerprint density at radius 1 is 1.67 bits per heavy atom. The summed E-state index contributed by atoms with van der Waals surface area (Å²) in [4.78, 5) is 1.29. The number of hydrogen-bond donors (Lipinski definition) is 1. The third-order valence-electron chi connectivity index (χ3n) is 2.95. The average Bonchev–Trinajstić information content (AvgIpc) is 2.89. The second-order valence-corrected chi connectivity index (χ2v) is 4.61. The smallest absolute Gasteiger partial charge is 0.0801 e. The van der Waals surface area contributed by atoms with Gasteiger partial charge in [-0.25, -0.2) is 0 Å². The van der Waals surface area contributed by atoms with E-state index in [0.29, 0.717) is 12.0 Å². The first-order chi connectivity index (χ1) is 7.36. The van der Waals surface area contributed by atoms with Crippen LogP contribution < -0.4 is 5.32 Å². The fraction of sp³-hybridized carbons (Fsp3) is 0.800. The molecule has 2 heterocycles. The molecule has 1 aliphatic heterocycles. The number of nitrogens with one attached hydrogen (secondary N) is 1. The van der Waals surface area contributed by atoms with Gasteiger partial charge in [-0.3, -0.25) is 0 Å². The van der Waals surface area contributed by atoms with Gasteiger partial charge in [-0.15, -0.1) is 5.10 Å². The van der Waals surface area contributed by atoms with Gasteiger partial charge in [0.05, 0.1) is 17.2 Å². The Labute approximate surface area is 94.2 Å². The van der Waals surface area contributed by atoms with Crippen molar-refractivity contribution < 1.29 is 4.74 Å².